The van der Waals surface area contributed by atoms with Gasteiger partial charge < -0.3 is 30.1 Å². The van der Waals surface area contributed by atoms with Crippen molar-refractivity contribution in [1.82, 2.24) is 10.6 Å². The van der Waals surface area contributed by atoms with Crippen molar-refractivity contribution >= 4 is 31.3 Å². The molecule has 0 aliphatic carbocycles. The second kappa shape index (κ2) is 15.2. The first kappa shape index (κ1) is 32.5. The smallest absolute Gasteiger partial charge is 0.407 e. The molecule has 11 nitrogen and oxygen atoms in total. The topological polar surface area (TPSA) is 168 Å². The van der Waals surface area contributed by atoms with Crippen LogP contribution in [0.5, 0.6) is 0 Å². The molecule has 0 bridgehead atoms. The molecular weight excluding hydrogens is 539 g/mol. The summed E-state index contributed by atoms with van der Waals surface area (Å²) in [5.41, 5.74) is 2.66. The van der Waals surface area contributed by atoms with Gasteiger partial charge in [0.05, 0.1) is 11.8 Å². The number of carbonyl (C=O) groups is 4. The number of hydrogen-bond donors (Lipinski definition) is 4. The van der Waals surface area contributed by atoms with E-state index in [1.807, 2.05) is 42.5 Å². The first-order valence-electron chi connectivity index (χ1n) is 12.9. The number of rotatable bonds is 14. The molecule has 218 valence electrons. The maximum Gasteiger partial charge on any atom is 0.407 e. The van der Waals surface area contributed by atoms with E-state index in [0.29, 0.717) is 5.56 Å². The van der Waals surface area contributed by atoms with E-state index in [4.69, 9.17) is 9.47 Å². The molecule has 2 aromatic carbocycles. The highest BCUT2D eigenvalue weighted by molar-refractivity contribution is 7.58. The van der Waals surface area contributed by atoms with Gasteiger partial charge >= 0.3 is 18.0 Å². The Balaban J connectivity index is 2.08. The van der Waals surface area contributed by atoms with Gasteiger partial charge in [-0.25, -0.2) is 4.79 Å². The third-order valence-electron chi connectivity index (χ3n) is 6.09. The maximum absolute atomic E-state index is 13.2. The Hall–Kier alpha value is -3.69. The number of ether oxygens (including phenoxy) is 2. The minimum Gasteiger partial charge on any atom is -0.480 e. The Morgan fingerprint density at radius 3 is 2.00 bits per heavy atom. The normalized spacial score (nSPS) is 14.8. The first-order chi connectivity index (χ1) is 18.8. The molecule has 0 aliphatic rings. The monoisotopic (exact) mass is 576 g/mol. The number of aliphatic carboxylic acids is 1. The van der Waals surface area contributed by atoms with Gasteiger partial charge in [-0.1, -0.05) is 68.4 Å². The molecule has 2 aromatic rings. The van der Waals surface area contributed by atoms with Crippen molar-refractivity contribution in [2.24, 2.45) is 11.8 Å². The molecule has 2 amide bonds. The molecule has 0 saturated heterocycles. The number of carboxylic acid groups (broad SMARTS) is 1. The van der Waals surface area contributed by atoms with Crippen molar-refractivity contribution in [3.8, 4) is 11.1 Å². The van der Waals surface area contributed by atoms with Gasteiger partial charge in [0, 0.05) is 6.16 Å². The van der Waals surface area contributed by atoms with Crippen LogP contribution in [0.25, 0.3) is 11.1 Å². The van der Waals surface area contributed by atoms with Gasteiger partial charge in [-0.2, -0.15) is 0 Å². The van der Waals surface area contributed by atoms with Gasteiger partial charge in [-0.05, 0) is 37.0 Å². The summed E-state index contributed by atoms with van der Waals surface area (Å²) < 4.78 is 23.0. The summed E-state index contributed by atoms with van der Waals surface area (Å²) in [5, 5.41) is 13.8. The zero-order valence-corrected chi connectivity index (χ0v) is 23.9. The summed E-state index contributed by atoms with van der Waals surface area (Å²) in [5.74, 6) is -5.06. The second-order valence-corrected chi connectivity index (χ2v) is 12.4. The predicted molar refractivity (Wildman–Crippen MR) is 149 cm³/mol. The molecule has 0 heterocycles. The minimum absolute atomic E-state index is 0.0657. The Kier molecular flexibility index (Phi) is 12.4. The number of esters is 1. The van der Waals surface area contributed by atoms with Crippen molar-refractivity contribution in [3.05, 3.63) is 60.2 Å². The van der Waals surface area contributed by atoms with E-state index in [2.05, 4.69) is 10.6 Å². The predicted octanol–water partition coefficient (Wildman–Crippen LogP) is 3.64. The molecule has 12 heteroatoms. The fraction of sp³-hybridized carbons (Fsp3) is 0.429. The molecule has 0 aliphatic heterocycles. The summed E-state index contributed by atoms with van der Waals surface area (Å²) in [4.78, 5) is 58.6. The van der Waals surface area contributed by atoms with Gasteiger partial charge in [0.25, 0.3) is 0 Å². The average molecular weight is 577 g/mol. The molecule has 0 saturated carbocycles. The molecular formula is C28H37N2O9P. The van der Waals surface area contributed by atoms with Gasteiger partial charge in [-0.3, -0.25) is 18.9 Å². The van der Waals surface area contributed by atoms with Gasteiger partial charge in [0.2, 0.25) is 13.3 Å². The zero-order chi connectivity index (χ0) is 29.9. The molecule has 0 radical (unpaired) electrons. The molecule has 4 atom stereocenters. The van der Waals surface area contributed by atoms with Gasteiger partial charge in [0.1, 0.15) is 25.0 Å². The lowest BCUT2D eigenvalue weighted by Crippen LogP contribution is -2.44. The number of benzene rings is 2. The number of amides is 2. The fourth-order valence-corrected chi connectivity index (χ4v) is 5.16. The number of hydrogen-bond acceptors (Lipinski definition) is 7. The van der Waals surface area contributed by atoms with E-state index in [1.54, 1.807) is 26.0 Å². The maximum atomic E-state index is 13.2. The fourth-order valence-electron chi connectivity index (χ4n) is 3.61. The van der Waals surface area contributed by atoms with Crippen LogP contribution in [-0.4, -0.2) is 65.1 Å². The molecule has 4 N–H and O–H groups in total. The van der Waals surface area contributed by atoms with Gasteiger partial charge in [0.15, 0.2) is 0 Å². The standard InChI is InChI=1S/C28H37N2O9P/c1-18(2)27(34)38-14-15-39-28(35)30-20(4)40(36,37)17-24(25(31)29-19(3)26(32)33)16-21-10-12-23(13-11-21)22-8-6-5-7-9-22/h5-13,18-20,24H,14-17H2,1-4H3,(H,29,31)(H,30,35)(H,32,33)(H,36,37)/t19-,20+,24+/m0/s1. The van der Waals surface area contributed by atoms with Crippen LogP contribution in [0.4, 0.5) is 4.79 Å². The number of alkyl carbamates (subject to hydrolysis) is 1. The van der Waals surface area contributed by atoms with Crippen molar-refractivity contribution in [1.29, 1.82) is 0 Å². The van der Waals surface area contributed by atoms with E-state index in [0.717, 1.165) is 11.1 Å². The van der Waals surface area contributed by atoms with Crippen LogP contribution in [0.2, 0.25) is 0 Å². The Morgan fingerprint density at radius 2 is 1.43 bits per heavy atom. The van der Waals surface area contributed by atoms with E-state index in [1.165, 1.54) is 13.8 Å². The first-order valence-corrected chi connectivity index (χ1v) is 14.8. The highest BCUT2D eigenvalue weighted by atomic mass is 31.2. The Labute approximate surface area is 233 Å². The molecule has 1 unspecified atom stereocenters. The average Bonchev–Trinajstić information content (AvgIpc) is 2.91. The second-order valence-electron chi connectivity index (χ2n) is 9.75. The van der Waals surface area contributed by atoms with Crippen LogP contribution in [0, 0.1) is 11.8 Å². The highest BCUT2D eigenvalue weighted by Crippen LogP contribution is 2.47. The summed E-state index contributed by atoms with van der Waals surface area (Å²) in [6, 6.07) is 15.8. The van der Waals surface area contributed by atoms with E-state index < -0.39 is 55.2 Å². The summed E-state index contributed by atoms with van der Waals surface area (Å²) >= 11 is 0. The van der Waals surface area contributed by atoms with Crippen molar-refractivity contribution in [2.45, 2.75) is 45.9 Å². The van der Waals surface area contributed by atoms with E-state index >= 15 is 0 Å². The highest BCUT2D eigenvalue weighted by Gasteiger charge is 2.35. The third-order valence-corrected chi connectivity index (χ3v) is 8.39. The lowest BCUT2D eigenvalue weighted by Gasteiger charge is -2.25. The van der Waals surface area contributed by atoms with Gasteiger partial charge in [-0.15, -0.1) is 0 Å². The third kappa shape index (κ3) is 10.5. The minimum atomic E-state index is -4.18. The molecule has 0 spiro atoms. The van der Waals surface area contributed by atoms with E-state index in [-0.39, 0.29) is 25.6 Å². The SMILES string of the molecule is CC(C)C(=O)OCCOC(=O)N[C@@H](C)P(=O)(O)C[C@@H](Cc1ccc(-c2ccccc2)cc1)C(=O)N[C@@H](C)C(=O)O. The van der Waals surface area contributed by atoms with Crippen molar-refractivity contribution < 1.29 is 43.2 Å². The number of nitrogens with one attached hydrogen (secondary N) is 2. The Morgan fingerprint density at radius 1 is 0.850 bits per heavy atom. The van der Waals surface area contributed by atoms with Crippen LogP contribution >= 0.6 is 7.37 Å². The van der Waals surface area contributed by atoms with Crippen LogP contribution in [0.3, 0.4) is 0 Å². The van der Waals surface area contributed by atoms with Crippen LogP contribution in [-0.2, 0) is 34.8 Å². The van der Waals surface area contributed by atoms with Crippen molar-refractivity contribution in [2.75, 3.05) is 19.4 Å². The summed E-state index contributed by atoms with van der Waals surface area (Å²) in [6.07, 6.45) is -1.44. The number of carboxylic acids is 1. The summed E-state index contributed by atoms with van der Waals surface area (Å²) in [7, 11) is -4.18. The lowest BCUT2D eigenvalue weighted by atomic mass is 9.97. The molecule has 0 aromatic heterocycles. The molecule has 40 heavy (non-hydrogen) atoms. The summed E-state index contributed by atoms with van der Waals surface area (Å²) in [6.45, 7) is 5.51. The Bertz CT molecular complexity index is 1200. The quantitative estimate of drug-likeness (QED) is 0.149. The van der Waals surface area contributed by atoms with Crippen LogP contribution in [0.15, 0.2) is 54.6 Å². The number of carbonyl (C=O) groups excluding carboxylic acids is 3. The lowest BCUT2D eigenvalue weighted by molar-refractivity contribution is -0.148. The van der Waals surface area contributed by atoms with Crippen LogP contribution in [0.1, 0.15) is 33.3 Å². The van der Waals surface area contributed by atoms with E-state index in [9.17, 15) is 33.7 Å². The van der Waals surface area contributed by atoms with Crippen LogP contribution < -0.4 is 10.6 Å². The molecule has 2 rings (SSSR count). The molecule has 0 fully saturated rings. The largest absolute Gasteiger partial charge is 0.480 e. The zero-order valence-electron chi connectivity index (χ0n) is 23.0. The van der Waals surface area contributed by atoms with Crippen molar-refractivity contribution in [3.63, 3.8) is 0 Å².